The molecule has 0 saturated carbocycles. The number of hydrogen-bond donors (Lipinski definition) is 1. The summed E-state index contributed by atoms with van der Waals surface area (Å²) in [7, 11) is 0. The van der Waals surface area contributed by atoms with Gasteiger partial charge in [-0.05, 0) is 31.5 Å². The molecule has 0 spiro atoms. The first-order valence-corrected chi connectivity index (χ1v) is 6.77. The number of carbonyl (C=O) groups is 1. The Kier molecular flexibility index (Phi) is 4.77. The van der Waals surface area contributed by atoms with Crippen molar-refractivity contribution in [3.63, 3.8) is 0 Å². The Labute approximate surface area is 123 Å². The summed E-state index contributed by atoms with van der Waals surface area (Å²) in [4.78, 5) is 23.9. The highest BCUT2D eigenvalue weighted by molar-refractivity contribution is 5.84. The smallest absolute Gasteiger partial charge is 0.412 e. The van der Waals surface area contributed by atoms with Gasteiger partial charge in [0.1, 0.15) is 12.3 Å². The van der Waals surface area contributed by atoms with Crippen molar-refractivity contribution < 1.29 is 9.53 Å². The zero-order valence-corrected chi connectivity index (χ0v) is 12.1. The molecule has 0 bridgehead atoms. The van der Waals surface area contributed by atoms with E-state index in [1.54, 1.807) is 22.9 Å². The summed E-state index contributed by atoms with van der Waals surface area (Å²) in [6.45, 7) is 3.97. The Hall–Kier alpha value is -2.56. The monoisotopic (exact) mass is 286 g/mol. The van der Waals surface area contributed by atoms with Gasteiger partial charge in [-0.25, -0.2) is 4.79 Å². The third-order valence-electron chi connectivity index (χ3n) is 2.98. The lowest BCUT2D eigenvalue weighted by Crippen LogP contribution is -2.26. The normalized spacial score (nSPS) is 10.4. The molecular weight excluding hydrogens is 268 g/mol. The Balaban J connectivity index is 2.00. The maximum atomic E-state index is 12.1. The standard InChI is InChI=1S/C16H18N2O3/c1-12(2)18-10-6-9-14(15(18)19)17-16(20)21-11-13-7-4-3-5-8-13/h3-10,12H,11H2,1-2H3,(H,17,20). The van der Waals surface area contributed by atoms with Crippen LogP contribution in [0, 0.1) is 0 Å². The molecule has 0 aliphatic rings. The maximum absolute atomic E-state index is 12.1. The van der Waals surface area contributed by atoms with Gasteiger partial charge in [-0.15, -0.1) is 0 Å². The molecule has 0 unspecified atom stereocenters. The topological polar surface area (TPSA) is 60.3 Å². The van der Waals surface area contributed by atoms with Crippen LogP contribution in [0.1, 0.15) is 25.5 Å². The molecule has 0 atom stereocenters. The fourth-order valence-electron chi connectivity index (χ4n) is 1.88. The van der Waals surface area contributed by atoms with E-state index in [1.165, 1.54) is 0 Å². The zero-order chi connectivity index (χ0) is 15.2. The minimum absolute atomic E-state index is 0.0274. The van der Waals surface area contributed by atoms with Crippen molar-refractivity contribution in [2.24, 2.45) is 0 Å². The minimum atomic E-state index is -0.641. The molecule has 110 valence electrons. The van der Waals surface area contributed by atoms with Crippen molar-refractivity contribution in [3.05, 3.63) is 64.6 Å². The quantitative estimate of drug-likeness (QED) is 0.939. The van der Waals surface area contributed by atoms with Crippen molar-refractivity contribution in [2.45, 2.75) is 26.5 Å². The number of pyridine rings is 1. The van der Waals surface area contributed by atoms with Gasteiger partial charge < -0.3 is 9.30 Å². The van der Waals surface area contributed by atoms with E-state index in [-0.39, 0.29) is 23.9 Å². The number of anilines is 1. The molecule has 1 N–H and O–H groups in total. The van der Waals surface area contributed by atoms with E-state index in [2.05, 4.69) is 5.32 Å². The van der Waals surface area contributed by atoms with Crippen LogP contribution in [0.4, 0.5) is 10.5 Å². The van der Waals surface area contributed by atoms with E-state index < -0.39 is 6.09 Å². The number of nitrogens with zero attached hydrogens (tertiary/aromatic N) is 1. The number of carbonyl (C=O) groups excluding carboxylic acids is 1. The van der Waals surface area contributed by atoms with Crippen LogP contribution >= 0.6 is 0 Å². The van der Waals surface area contributed by atoms with E-state index in [9.17, 15) is 9.59 Å². The second-order valence-corrected chi connectivity index (χ2v) is 4.91. The van der Waals surface area contributed by atoms with Crippen molar-refractivity contribution in [2.75, 3.05) is 5.32 Å². The molecule has 5 nitrogen and oxygen atoms in total. The Morgan fingerprint density at radius 2 is 1.90 bits per heavy atom. The van der Waals surface area contributed by atoms with Crippen molar-refractivity contribution >= 4 is 11.8 Å². The van der Waals surface area contributed by atoms with E-state index in [4.69, 9.17) is 4.74 Å². The summed E-state index contributed by atoms with van der Waals surface area (Å²) in [5, 5.41) is 2.48. The molecule has 1 aromatic carbocycles. The van der Waals surface area contributed by atoms with Gasteiger partial charge in [0, 0.05) is 12.2 Å². The van der Waals surface area contributed by atoms with Gasteiger partial charge >= 0.3 is 6.09 Å². The predicted octanol–water partition coefficient (Wildman–Crippen LogP) is 3.18. The number of aromatic nitrogens is 1. The number of benzene rings is 1. The van der Waals surface area contributed by atoms with Crippen molar-refractivity contribution in [1.29, 1.82) is 0 Å². The fourth-order valence-corrected chi connectivity index (χ4v) is 1.88. The van der Waals surface area contributed by atoms with Crippen LogP contribution < -0.4 is 10.9 Å². The highest BCUT2D eigenvalue weighted by Gasteiger charge is 2.09. The fraction of sp³-hybridized carbons (Fsp3) is 0.250. The van der Waals surface area contributed by atoms with Crippen LogP contribution in [0.15, 0.2) is 53.5 Å². The molecular formula is C16H18N2O3. The van der Waals surface area contributed by atoms with Crippen LogP contribution in [0.3, 0.4) is 0 Å². The summed E-state index contributed by atoms with van der Waals surface area (Å²) in [6.07, 6.45) is 1.05. The summed E-state index contributed by atoms with van der Waals surface area (Å²) in [5.74, 6) is 0. The molecule has 0 aliphatic heterocycles. The van der Waals surface area contributed by atoms with E-state index in [0.717, 1.165) is 5.56 Å². The molecule has 2 aromatic rings. The van der Waals surface area contributed by atoms with Crippen LogP contribution in [-0.2, 0) is 11.3 Å². The van der Waals surface area contributed by atoms with Gasteiger partial charge in [0.25, 0.3) is 5.56 Å². The first kappa shape index (κ1) is 14.8. The van der Waals surface area contributed by atoms with Crippen LogP contribution in [0.2, 0.25) is 0 Å². The lowest BCUT2D eigenvalue weighted by Gasteiger charge is -2.12. The lowest BCUT2D eigenvalue weighted by molar-refractivity contribution is 0.155. The number of ether oxygens (including phenoxy) is 1. The second kappa shape index (κ2) is 6.74. The molecule has 0 aliphatic carbocycles. The number of rotatable bonds is 4. The largest absolute Gasteiger partial charge is 0.444 e. The molecule has 5 heteroatoms. The molecule has 0 radical (unpaired) electrons. The lowest BCUT2D eigenvalue weighted by atomic mass is 10.2. The maximum Gasteiger partial charge on any atom is 0.412 e. The Morgan fingerprint density at radius 3 is 2.57 bits per heavy atom. The average molecular weight is 286 g/mol. The molecule has 0 fully saturated rings. The SMILES string of the molecule is CC(C)n1cccc(NC(=O)OCc2ccccc2)c1=O. The first-order valence-electron chi connectivity index (χ1n) is 6.77. The third kappa shape index (κ3) is 3.95. The van der Waals surface area contributed by atoms with E-state index >= 15 is 0 Å². The van der Waals surface area contributed by atoms with Gasteiger partial charge in [-0.1, -0.05) is 30.3 Å². The van der Waals surface area contributed by atoms with Crippen molar-refractivity contribution in [3.8, 4) is 0 Å². The summed E-state index contributed by atoms with van der Waals surface area (Å²) < 4.78 is 6.64. The highest BCUT2D eigenvalue weighted by atomic mass is 16.5. The van der Waals surface area contributed by atoms with Crippen LogP contribution in [-0.4, -0.2) is 10.7 Å². The number of amides is 1. The molecule has 2 rings (SSSR count). The van der Waals surface area contributed by atoms with Crippen LogP contribution in [0.5, 0.6) is 0 Å². The average Bonchev–Trinajstić information content (AvgIpc) is 2.48. The van der Waals surface area contributed by atoms with Crippen LogP contribution in [0.25, 0.3) is 0 Å². The molecule has 1 heterocycles. The second-order valence-electron chi connectivity index (χ2n) is 4.91. The minimum Gasteiger partial charge on any atom is -0.444 e. The predicted molar refractivity (Wildman–Crippen MR) is 81.3 cm³/mol. The van der Waals surface area contributed by atoms with E-state index in [1.807, 2.05) is 44.2 Å². The Morgan fingerprint density at radius 1 is 1.19 bits per heavy atom. The summed E-state index contributed by atoms with van der Waals surface area (Å²) in [5.41, 5.74) is 0.855. The van der Waals surface area contributed by atoms with Crippen molar-refractivity contribution in [1.82, 2.24) is 4.57 Å². The summed E-state index contributed by atoms with van der Waals surface area (Å²) >= 11 is 0. The number of nitrogens with one attached hydrogen (secondary N) is 1. The van der Waals surface area contributed by atoms with E-state index in [0.29, 0.717) is 0 Å². The number of hydrogen-bond acceptors (Lipinski definition) is 3. The Bertz CT molecular complexity index is 663. The molecule has 0 saturated heterocycles. The van der Waals surface area contributed by atoms with Gasteiger partial charge in [-0.2, -0.15) is 0 Å². The van der Waals surface area contributed by atoms with Gasteiger partial charge in [0.15, 0.2) is 0 Å². The zero-order valence-electron chi connectivity index (χ0n) is 12.1. The van der Waals surface area contributed by atoms with Gasteiger partial charge in [-0.3, -0.25) is 10.1 Å². The molecule has 21 heavy (non-hydrogen) atoms. The molecule has 1 aromatic heterocycles. The van der Waals surface area contributed by atoms with Gasteiger partial charge in [0.05, 0.1) is 0 Å². The highest BCUT2D eigenvalue weighted by Crippen LogP contribution is 2.06. The summed E-state index contributed by atoms with van der Waals surface area (Å²) in [6, 6.07) is 12.7. The van der Waals surface area contributed by atoms with Gasteiger partial charge in [0.2, 0.25) is 0 Å². The third-order valence-corrected chi connectivity index (χ3v) is 2.98. The first-order chi connectivity index (χ1) is 10.1. The molecule has 1 amide bonds.